The van der Waals surface area contributed by atoms with E-state index in [-0.39, 0.29) is 5.91 Å². The smallest absolute Gasteiger partial charge is 0.239 e. The van der Waals surface area contributed by atoms with Gasteiger partial charge in [-0.15, -0.1) is 11.3 Å². The molecule has 2 rings (SSSR count). The number of rotatable bonds is 5. The molecule has 3 nitrogen and oxygen atoms in total. The Kier molecular flexibility index (Phi) is 4.36. The Hall–Kier alpha value is -1.81. The summed E-state index contributed by atoms with van der Waals surface area (Å²) in [5.41, 5.74) is 1.05. The highest BCUT2D eigenvalue weighted by molar-refractivity contribution is 7.09. The van der Waals surface area contributed by atoms with Gasteiger partial charge in [-0.05, 0) is 23.6 Å². The predicted molar refractivity (Wildman–Crippen MR) is 75.9 cm³/mol. The van der Waals surface area contributed by atoms with Gasteiger partial charge in [0.25, 0.3) is 0 Å². The molecule has 0 unspecified atom stereocenters. The third-order valence-corrected chi connectivity index (χ3v) is 3.49. The second-order valence-electron chi connectivity index (χ2n) is 4.05. The first-order valence-electron chi connectivity index (χ1n) is 5.81. The summed E-state index contributed by atoms with van der Waals surface area (Å²) >= 11 is 1.65. The first-order valence-corrected chi connectivity index (χ1v) is 6.69. The predicted octanol–water partition coefficient (Wildman–Crippen LogP) is 2.50. The van der Waals surface area contributed by atoms with Gasteiger partial charge >= 0.3 is 0 Å². The largest absolute Gasteiger partial charge is 0.365 e. The van der Waals surface area contributed by atoms with E-state index in [4.69, 9.17) is 0 Å². The van der Waals surface area contributed by atoms with Crippen molar-refractivity contribution in [1.29, 1.82) is 0 Å². The van der Waals surface area contributed by atoms with Gasteiger partial charge in [-0.2, -0.15) is 0 Å². The van der Waals surface area contributed by atoms with E-state index in [9.17, 15) is 4.79 Å². The Labute approximate surface area is 111 Å². The molecule has 0 aliphatic rings. The second kappa shape index (κ2) is 6.21. The lowest BCUT2D eigenvalue weighted by molar-refractivity contribution is -0.119. The molecular weight excluding hydrogens is 244 g/mol. The van der Waals surface area contributed by atoms with Crippen molar-refractivity contribution in [2.75, 3.05) is 18.5 Å². The number of nitrogens with one attached hydrogen (secondary N) is 1. The number of amides is 1. The van der Waals surface area contributed by atoms with Crippen LogP contribution in [-0.2, 0) is 11.3 Å². The van der Waals surface area contributed by atoms with E-state index < -0.39 is 0 Å². The minimum atomic E-state index is 0.0368. The van der Waals surface area contributed by atoms with E-state index in [2.05, 4.69) is 5.32 Å². The monoisotopic (exact) mass is 260 g/mol. The van der Waals surface area contributed by atoms with Crippen molar-refractivity contribution in [3.05, 3.63) is 52.7 Å². The van der Waals surface area contributed by atoms with Crippen LogP contribution in [0.1, 0.15) is 4.88 Å². The van der Waals surface area contributed by atoms with Crippen LogP contribution in [0.3, 0.4) is 0 Å². The molecule has 1 N–H and O–H groups in total. The normalized spacial score (nSPS) is 10.1. The summed E-state index contributed by atoms with van der Waals surface area (Å²) in [5.74, 6) is 0.0368. The van der Waals surface area contributed by atoms with E-state index in [0.717, 1.165) is 5.69 Å². The number of anilines is 1. The number of benzene rings is 1. The van der Waals surface area contributed by atoms with Gasteiger partial charge in [0.15, 0.2) is 0 Å². The summed E-state index contributed by atoms with van der Waals surface area (Å²) in [6.07, 6.45) is 0. The van der Waals surface area contributed by atoms with Gasteiger partial charge in [-0.1, -0.05) is 24.3 Å². The van der Waals surface area contributed by atoms with Crippen LogP contribution in [0.25, 0.3) is 0 Å². The van der Waals surface area contributed by atoms with Crippen LogP contribution in [0.5, 0.6) is 0 Å². The summed E-state index contributed by atoms with van der Waals surface area (Å²) in [4.78, 5) is 14.9. The van der Waals surface area contributed by atoms with Gasteiger partial charge in [0.1, 0.15) is 0 Å². The molecule has 0 fully saturated rings. The second-order valence-corrected chi connectivity index (χ2v) is 5.08. The van der Waals surface area contributed by atoms with Crippen molar-refractivity contribution >= 4 is 22.9 Å². The highest BCUT2D eigenvalue weighted by atomic mass is 32.1. The van der Waals surface area contributed by atoms with E-state index >= 15 is 0 Å². The standard InChI is InChI=1S/C14H16N2OS/c1-16(12-6-3-2-4-7-12)11-14(17)15-10-13-8-5-9-18-13/h2-9H,10-11H2,1H3,(H,15,17). The molecule has 1 aromatic carbocycles. The number of thiophene rings is 1. The quantitative estimate of drug-likeness (QED) is 0.896. The highest BCUT2D eigenvalue weighted by Crippen LogP contribution is 2.10. The summed E-state index contributed by atoms with van der Waals surface area (Å²) in [5, 5.41) is 4.93. The van der Waals surface area contributed by atoms with Crippen molar-refractivity contribution in [2.24, 2.45) is 0 Å². The maximum Gasteiger partial charge on any atom is 0.239 e. The Morgan fingerprint density at radius 3 is 2.67 bits per heavy atom. The molecule has 1 heterocycles. The fourth-order valence-electron chi connectivity index (χ4n) is 1.64. The summed E-state index contributed by atoms with van der Waals surface area (Å²) in [7, 11) is 1.92. The molecule has 0 spiro atoms. The fraction of sp³-hybridized carbons (Fsp3) is 0.214. The van der Waals surface area contributed by atoms with Crippen LogP contribution in [0.4, 0.5) is 5.69 Å². The molecule has 18 heavy (non-hydrogen) atoms. The Morgan fingerprint density at radius 1 is 1.22 bits per heavy atom. The SMILES string of the molecule is CN(CC(=O)NCc1cccs1)c1ccccc1. The van der Waals surface area contributed by atoms with E-state index in [1.165, 1.54) is 4.88 Å². The average Bonchev–Trinajstić information content (AvgIpc) is 2.90. The lowest BCUT2D eigenvalue weighted by Gasteiger charge is -2.18. The molecule has 0 saturated heterocycles. The van der Waals surface area contributed by atoms with Crippen molar-refractivity contribution in [3.63, 3.8) is 0 Å². The molecule has 0 aliphatic carbocycles. The Balaban J connectivity index is 1.80. The van der Waals surface area contributed by atoms with Gasteiger partial charge in [0, 0.05) is 17.6 Å². The summed E-state index contributed by atoms with van der Waals surface area (Å²) in [6.45, 7) is 0.981. The first-order chi connectivity index (χ1) is 8.75. The maximum absolute atomic E-state index is 11.8. The molecule has 4 heteroatoms. The zero-order valence-corrected chi connectivity index (χ0v) is 11.1. The molecule has 1 aromatic heterocycles. The summed E-state index contributed by atoms with van der Waals surface area (Å²) < 4.78 is 0. The Morgan fingerprint density at radius 2 is 2.00 bits per heavy atom. The van der Waals surface area contributed by atoms with Crippen molar-refractivity contribution in [1.82, 2.24) is 5.32 Å². The zero-order chi connectivity index (χ0) is 12.8. The zero-order valence-electron chi connectivity index (χ0n) is 10.3. The van der Waals surface area contributed by atoms with E-state index in [1.54, 1.807) is 11.3 Å². The van der Waals surface area contributed by atoms with Crippen molar-refractivity contribution in [2.45, 2.75) is 6.54 Å². The average molecular weight is 260 g/mol. The van der Waals surface area contributed by atoms with Gasteiger partial charge < -0.3 is 10.2 Å². The van der Waals surface area contributed by atoms with Gasteiger partial charge in [0.05, 0.1) is 13.1 Å². The molecule has 2 aromatic rings. The third-order valence-electron chi connectivity index (χ3n) is 2.62. The number of nitrogens with zero attached hydrogens (tertiary/aromatic N) is 1. The van der Waals surface area contributed by atoms with Crippen LogP contribution in [0.2, 0.25) is 0 Å². The molecule has 0 bridgehead atoms. The van der Waals surface area contributed by atoms with Crippen LogP contribution in [0.15, 0.2) is 47.8 Å². The first kappa shape index (κ1) is 12.6. The van der Waals surface area contributed by atoms with Gasteiger partial charge in [-0.3, -0.25) is 4.79 Å². The van der Waals surface area contributed by atoms with Crippen LogP contribution in [-0.4, -0.2) is 19.5 Å². The number of hydrogen-bond acceptors (Lipinski definition) is 3. The van der Waals surface area contributed by atoms with Crippen molar-refractivity contribution < 1.29 is 4.79 Å². The number of hydrogen-bond donors (Lipinski definition) is 1. The molecule has 94 valence electrons. The molecular formula is C14H16N2OS. The van der Waals surface area contributed by atoms with Gasteiger partial charge in [0.2, 0.25) is 5.91 Å². The topological polar surface area (TPSA) is 32.3 Å². The lowest BCUT2D eigenvalue weighted by atomic mass is 10.3. The van der Waals surface area contributed by atoms with Crippen LogP contribution < -0.4 is 10.2 Å². The fourth-order valence-corrected chi connectivity index (χ4v) is 2.29. The highest BCUT2D eigenvalue weighted by Gasteiger charge is 2.06. The van der Waals surface area contributed by atoms with E-state index in [1.807, 2.05) is 59.8 Å². The van der Waals surface area contributed by atoms with Crippen LogP contribution in [0, 0.1) is 0 Å². The van der Waals surface area contributed by atoms with E-state index in [0.29, 0.717) is 13.1 Å². The Bertz CT molecular complexity index is 482. The lowest BCUT2D eigenvalue weighted by Crippen LogP contribution is -2.34. The molecule has 1 amide bonds. The molecule has 0 saturated carbocycles. The third kappa shape index (κ3) is 3.60. The molecule has 0 aliphatic heterocycles. The minimum Gasteiger partial charge on any atom is -0.365 e. The summed E-state index contributed by atoms with van der Waals surface area (Å²) in [6, 6.07) is 13.9. The minimum absolute atomic E-state index is 0.0368. The molecule has 0 atom stereocenters. The maximum atomic E-state index is 11.8. The van der Waals surface area contributed by atoms with Crippen molar-refractivity contribution in [3.8, 4) is 0 Å². The number of likely N-dealkylation sites (N-methyl/N-ethyl adjacent to an activating group) is 1. The van der Waals surface area contributed by atoms with Crippen LogP contribution >= 0.6 is 11.3 Å². The number of para-hydroxylation sites is 1. The van der Waals surface area contributed by atoms with Gasteiger partial charge in [-0.25, -0.2) is 0 Å². The molecule has 0 radical (unpaired) electrons. The number of carbonyl (C=O) groups is 1. The number of carbonyl (C=O) groups excluding carboxylic acids is 1.